The van der Waals surface area contributed by atoms with Crippen molar-refractivity contribution in [1.29, 1.82) is 0 Å². The molecule has 1 fully saturated rings. The van der Waals surface area contributed by atoms with E-state index in [2.05, 4.69) is 10.3 Å². The van der Waals surface area contributed by atoms with Crippen LogP contribution in [-0.2, 0) is 6.18 Å². The van der Waals surface area contributed by atoms with Gasteiger partial charge in [0.1, 0.15) is 23.0 Å². The van der Waals surface area contributed by atoms with Crippen LogP contribution in [0.15, 0.2) is 65.7 Å². The smallest absolute Gasteiger partial charge is 0.416 e. The Kier molecular flexibility index (Phi) is 6.83. The molecule has 2 aliphatic heterocycles. The minimum Gasteiger partial charge on any atom is -0.497 e. The summed E-state index contributed by atoms with van der Waals surface area (Å²) in [5, 5.41) is 3.37. The highest BCUT2D eigenvalue weighted by atomic mass is 35.5. The molecule has 11 heteroatoms. The number of benzene rings is 3. The van der Waals surface area contributed by atoms with Gasteiger partial charge in [-0.25, -0.2) is 9.79 Å². The largest absolute Gasteiger partial charge is 0.497 e. The number of alkyl halides is 3. The second-order valence-electron chi connectivity index (χ2n) is 9.01. The van der Waals surface area contributed by atoms with E-state index in [0.29, 0.717) is 53.2 Å². The Morgan fingerprint density at radius 1 is 1.11 bits per heavy atom. The summed E-state index contributed by atoms with van der Waals surface area (Å²) in [6, 6.07) is 14.8. The number of rotatable bonds is 2. The van der Waals surface area contributed by atoms with Gasteiger partial charge in [0.2, 0.25) is 0 Å². The van der Waals surface area contributed by atoms with Crippen LogP contribution in [0.5, 0.6) is 17.2 Å². The van der Waals surface area contributed by atoms with Gasteiger partial charge in [0, 0.05) is 36.4 Å². The van der Waals surface area contributed by atoms with E-state index in [9.17, 15) is 18.0 Å². The van der Waals surface area contributed by atoms with Gasteiger partial charge in [-0.2, -0.15) is 13.2 Å². The van der Waals surface area contributed by atoms with Crippen LogP contribution in [0.3, 0.4) is 0 Å². The number of amides is 2. The van der Waals surface area contributed by atoms with Crippen molar-refractivity contribution in [3.8, 4) is 17.2 Å². The molecule has 0 bridgehead atoms. The molecule has 0 spiro atoms. The molecular weight excluding hydrogens is 521 g/mol. The van der Waals surface area contributed by atoms with Gasteiger partial charge in [-0.1, -0.05) is 17.7 Å². The van der Waals surface area contributed by atoms with Gasteiger partial charge < -0.3 is 24.6 Å². The molecule has 0 radical (unpaired) electrons. The summed E-state index contributed by atoms with van der Waals surface area (Å²) in [6.45, 7) is 3.06. The number of piperazine rings is 1. The molecule has 2 amide bonds. The molecule has 38 heavy (non-hydrogen) atoms. The minimum atomic E-state index is -4.52. The Bertz CT molecular complexity index is 1410. The number of aliphatic imine (C=N–C) groups is 1. The average Bonchev–Trinajstić information content (AvgIpc) is 3.03. The van der Waals surface area contributed by atoms with Gasteiger partial charge in [-0.05, 0) is 61.5 Å². The monoisotopic (exact) mass is 544 g/mol. The minimum absolute atomic E-state index is 0.0683. The number of halogens is 4. The highest BCUT2D eigenvalue weighted by Gasteiger charge is 2.34. The van der Waals surface area contributed by atoms with Crippen molar-refractivity contribution in [2.24, 2.45) is 4.99 Å². The number of carbonyl (C=O) groups is 1. The first-order chi connectivity index (χ1) is 18.1. The molecule has 1 saturated heterocycles. The maximum absolute atomic E-state index is 13.5. The first kappa shape index (κ1) is 25.7. The van der Waals surface area contributed by atoms with Gasteiger partial charge >= 0.3 is 12.2 Å². The molecule has 7 nitrogen and oxygen atoms in total. The molecule has 0 saturated carbocycles. The average molecular weight is 545 g/mol. The zero-order valence-electron chi connectivity index (χ0n) is 20.6. The number of methoxy groups -OCH3 is 1. The SMILES string of the molecule is COc1ccc2c(c1)C(N1CCN(C(=O)Nc3cccc(Cl)c3)[C@@H](C)C1)=Nc1cc(C(F)(F)F)ccc1O2. The zero-order chi connectivity index (χ0) is 27.0. The fraction of sp³-hybridized carbons (Fsp3) is 0.259. The van der Waals surface area contributed by atoms with Crippen molar-refractivity contribution < 1.29 is 27.4 Å². The maximum Gasteiger partial charge on any atom is 0.416 e. The van der Waals surface area contributed by atoms with Crippen molar-refractivity contribution in [2.45, 2.75) is 19.1 Å². The fourth-order valence-electron chi connectivity index (χ4n) is 4.51. The number of fused-ring (bicyclic) bond motifs is 2. The molecule has 0 aromatic heterocycles. The Morgan fingerprint density at radius 3 is 2.61 bits per heavy atom. The van der Waals surface area contributed by atoms with Gasteiger partial charge in [0.05, 0.1) is 18.2 Å². The van der Waals surface area contributed by atoms with Gasteiger partial charge in [0.25, 0.3) is 0 Å². The molecule has 3 aromatic carbocycles. The van der Waals surface area contributed by atoms with Crippen molar-refractivity contribution in [1.82, 2.24) is 9.80 Å². The number of carbonyl (C=O) groups excluding carboxylic acids is 1. The number of hydrogen-bond donors (Lipinski definition) is 1. The summed E-state index contributed by atoms with van der Waals surface area (Å²) in [7, 11) is 1.53. The quantitative estimate of drug-likeness (QED) is 0.386. The Hall–Kier alpha value is -3.92. The Balaban J connectivity index is 1.46. The second-order valence-corrected chi connectivity index (χ2v) is 9.45. The lowest BCUT2D eigenvalue weighted by molar-refractivity contribution is -0.137. The van der Waals surface area contributed by atoms with E-state index in [1.807, 2.05) is 11.8 Å². The standard InChI is InChI=1S/C27H24ClF3N4O3/c1-16-15-34(10-11-35(16)26(36)32-19-5-3-4-18(28)13-19)25-21-14-20(37-2)7-9-23(21)38-24-8-6-17(27(29,30)31)12-22(24)33-25/h3-9,12-14,16H,10-11,15H2,1-2H3,(H,32,36)/t16-/m0/s1. The van der Waals surface area contributed by atoms with E-state index in [-0.39, 0.29) is 23.5 Å². The Labute approximate surface area is 222 Å². The van der Waals surface area contributed by atoms with E-state index >= 15 is 0 Å². The third kappa shape index (κ3) is 5.22. The number of nitrogens with one attached hydrogen (secondary N) is 1. The predicted octanol–water partition coefficient (Wildman–Crippen LogP) is 6.79. The molecule has 198 valence electrons. The third-order valence-electron chi connectivity index (χ3n) is 6.42. The highest BCUT2D eigenvalue weighted by Crippen LogP contribution is 2.42. The van der Waals surface area contributed by atoms with Crippen LogP contribution >= 0.6 is 11.6 Å². The number of anilines is 1. The molecular formula is C27H24ClF3N4O3. The van der Waals surface area contributed by atoms with Gasteiger partial charge in [0.15, 0.2) is 5.75 Å². The van der Waals surface area contributed by atoms with Crippen LogP contribution in [-0.4, -0.2) is 54.5 Å². The van der Waals surface area contributed by atoms with Crippen LogP contribution in [0.1, 0.15) is 18.1 Å². The molecule has 1 atom stereocenters. The summed E-state index contributed by atoms with van der Waals surface area (Å²) in [5.41, 5.74) is 0.416. The predicted molar refractivity (Wildman–Crippen MR) is 139 cm³/mol. The summed E-state index contributed by atoms with van der Waals surface area (Å²) in [6.07, 6.45) is -4.52. The Morgan fingerprint density at radius 2 is 1.89 bits per heavy atom. The van der Waals surface area contributed by atoms with E-state index in [0.717, 1.165) is 12.1 Å². The number of ether oxygens (including phenoxy) is 2. The molecule has 2 aliphatic rings. The number of urea groups is 1. The zero-order valence-corrected chi connectivity index (χ0v) is 21.3. The van der Waals surface area contributed by atoms with Crippen LogP contribution in [0.4, 0.5) is 29.3 Å². The highest BCUT2D eigenvalue weighted by molar-refractivity contribution is 6.30. The summed E-state index contributed by atoms with van der Waals surface area (Å²) in [5.74, 6) is 1.65. The second kappa shape index (κ2) is 10.1. The van der Waals surface area contributed by atoms with E-state index in [1.165, 1.54) is 13.2 Å². The lowest BCUT2D eigenvalue weighted by Crippen LogP contribution is -2.56. The fourth-order valence-corrected chi connectivity index (χ4v) is 4.70. The third-order valence-corrected chi connectivity index (χ3v) is 6.66. The van der Waals surface area contributed by atoms with Crippen LogP contribution < -0.4 is 14.8 Å². The van der Waals surface area contributed by atoms with Crippen molar-refractivity contribution in [3.63, 3.8) is 0 Å². The molecule has 5 rings (SSSR count). The number of amidine groups is 1. The van der Waals surface area contributed by atoms with Crippen LogP contribution in [0.2, 0.25) is 5.02 Å². The topological polar surface area (TPSA) is 66.4 Å². The van der Waals surface area contributed by atoms with Gasteiger partial charge in [-0.3, -0.25) is 0 Å². The first-order valence-corrected chi connectivity index (χ1v) is 12.2. The first-order valence-electron chi connectivity index (χ1n) is 11.9. The summed E-state index contributed by atoms with van der Waals surface area (Å²) < 4.78 is 51.8. The molecule has 1 N–H and O–H groups in total. The van der Waals surface area contributed by atoms with Crippen molar-refractivity contribution in [2.75, 3.05) is 32.1 Å². The van der Waals surface area contributed by atoms with Gasteiger partial charge in [-0.15, -0.1) is 0 Å². The van der Waals surface area contributed by atoms with E-state index in [1.54, 1.807) is 47.4 Å². The molecule has 0 aliphatic carbocycles. The van der Waals surface area contributed by atoms with E-state index in [4.69, 9.17) is 21.1 Å². The molecule has 3 aromatic rings. The lowest BCUT2D eigenvalue weighted by atomic mass is 10.1. The van der Waals surface area contributed by atoms with Crippen molar-refractivity contribution in [3.05, 3.63) is 76.8 Å². The maximum atomic E-state index is 13.5. The number of hydrogen-bond acceptors (Lipinski definition) is 5. The van der Waals surface area contributed by atoms with Crippen LogP contribution in [0, 0.1) is 0 Å². The van der Waals surface area contributed by atoms with E-state index < -0.39 is 11.7 Å². The summed E-state index contributed by atoms with van der Waals surface area (Å²) >= 11 is 6.03. The van der Waals surface area contributed by atoms with Crippen LogP contribution in [0.25, 0.3) is 0 Å². The molecule has 2 heterocycles. The lowest BCUT2D eigenvalue weighted by Gasteiger charge is -2.41. The van der Waals surface area contributed by atoms with Crippen molar-refractivity contribution >= 4 is 34.8 Å². The summed E-state index contributed by atoms with van der Waals surface area (Å²) in [4.78, 5) is 21.3. The normalized spacial score (nSPS) is 17.0. The number of nitrogens with zero attached hydrogens (tertiary/aromatic N) is 3. The molecule has 0 unspecified atom stereocenters.